The van der Waals surface area contributed by atoms with E-state index in [1.54, 1.807) is 4.90 Å². The molecule has 1 aliphatic heterocycles. The first-order valence-corrected chi connectivity index (χ1v) is 7.84. The Labute approximate surface area is 132 Å². The van der Waals surface area contributed by atoms with Crippen molar-refractivity contribution in [1.82, 2.24) is 0 Å². The molecule has 0 fully saturated rings. The molecule has 4 heteroatoms. The average molecular weight is 303 g/mol. The van der Waals surface area contributed by atoms with Gasteiger partial charge in [-0.05, 0) is 29.5 Å². The molecule has 22 heavy (non-hydrogen) atoms. The number of rotatable bonds is 5. The number of carbonyl (C=O) groups is 1. The Kier molecular flexibility index (Phi) is 5.61. The van der Waals surface area contributed by atoms with Crippen molar-refractivity contribution < 1.29 is 14.3 Å². The zero-order valence-electron chi connectivity index (χ0n) is 13.8. The van der Waals surface area contributed by atoms with Gasteiger partial charge < -0.3 is 9.47 Å². The summed E-state index contributed by atoms with van der Waals surface area (Å²) in [4.78, 5) is 14.1. The molecule has 0 N–H and O–H groups in total. The predicted molar refractivity (Wildman–Crippen MR) is 88.7 cm³/mol. The molecule has 0 saturated heterocycles. The molecule has 4 nitrogen and oxygen atoms in total. The molecule has 0 bridgehead atoms. The van der Waals surface area contributed by atoms with E-state index in [1.807, 2.05) is 50.3 Å². The van der Waals surface area contributed by atoms with Crippen LogP contribution >= 0.6 is 0 Å². The van der Waals surface area contributed by atoms with Gasteiger partial charge in [-0.3, -0.25) is 0 Å². The molecule has 1 aliphatic rings. The number of amides is 1. The van der Waals surface area contributed by atoms with Gasteiger partial charge in [0.05, 0.1) is 18.9 Å². The number of ether oxygens (including phenoxy) is 2. The molecule has 1 heterocycles. The summed E-state index contributed by atoms with van der Waals surface area (Å²) in [6, 6.07) is 7.77. The minimum absolute atomic E-state index is 0.301. The molecule has 1 aromatic carbocycles. The van der Waals surface area contributed by atoms with Crippen molar-refractivity contribution in [3.8, 4) is 0 Å². The van der Waals surface area contributed by atoms with Gasteiger partial charge in [0.15, 0.2) is 6.23 Å². The Hall–Kier alpha value is -1.81. The fraction of sp³-hybridized carbons (Fsp3) is 0.500. The first-order chi connectivity index (χ1) is 10.5. The molecule has 120 valence electrons. The maximum absolute atomic E-state index is 12.5. The molecular weight excluding hydrogens is 278 g/mol. The van der Waals surface area contributed by atoms with Crippen LogP contribution in [0.2, 0.25) is 0 Å². The summed E-state index contributed by atoms with van der Waals surface area (Å²) in [6.07, 6.45) is 3.12. The topological polar surface area (TPSA) is 38.8 Å². The molecule has 0 unspecified atom stereocenters. The lowest BCUT2D eigenvalue weighted by Crippen LogP contribution is -2.44. The Morgan fingerprint density at radius 3 is 2.50 bits per heavy atom. The summed E-state index contributed by atoms with van der Waals surface area (Å²) in [5, 5.41) is 0. The molecule has 2 rings (SSSR count). The van der Waals surface area contributed by atoms with Crippen LogP contribution < -0.4 is 4.90 Å². The molecule has 0 aromatic heterocycles. The molecule has 1 atom stereocenters. The smallest absolute Gasteiger partial charge is 0.416 e. The van der Waals surface area contributed by atoms with Gasteiger partial charge in [-0.15, -0.1) is 0 Å². The molecule has 0 radical (unpaired) electrons. The standard InChI is InChI=1S/C18H25NO3/c1-13(2)11-21-17-10-9-15-7-5-6-8-16(15)19(17)18(20)22-12-14(3)4/h5-10,13-14,17H,11-12H2,1-4H3/t17-/m1/s1. The first-order valence-electron chi connectivity index (χ1n) is 7.84. The molecular formula is C18H25NO3. The number of benzene rings is 1. The third-order valence-corrected chi connectivity index (χ3v) is 3.23. The second kappa shape index (κ2) is 7.45. The third kappa shape index (κ3) is 4.10. The van der Waals surface area contributed by atoms with Crippen LogP contribution in [0.15, 0.2) is 30.3 Å². The fourth-order valence-electron chi connectivity index (χ4n) is 2.19. The van der Waals surface area contributed by atoms with Gasteiger partial charge >= 0.3 is 6.09 Å². The highest BCUT2D eigenvalue weighted by Gasteiger charge is 2.30. The van der Waals surface area contributed by atoms with Crippen molar-refractivity contribution in [2.24, 2.45) is 11.8 Å². The van der Waals surface area contributed by atoms with E-state index in [1.165, 1.54) is 0 Å². The van der Waals surface area contributed by atoms with Gasteiger partial charge in [0, 0.05) is 0 Å². The van der Waals surface area contributed by atoms with E-state index in [-0.39, 0.29) is 6.09 Å². The van der Waals surface area contributed by atoms with Gasteiger partial charge in [0.1, 0.15) is 0 Å². The van der Waals surface area contributed by atoms with Gasteiger partial charge in [-0.1, -0.05) is 52.0 Å². The quantitative estimate of drug-likeness (QED) is 0.813. The van der Waals surface area contributed by atoms with Gasteiger partial charge in [0.25, 0.3) is 0 Å². The highest BCUT2D eigenvalue weighted by molar-refractivity contribution is 5.93. The minimum atomic E-state index is -0.419. The normalized spacial score (nSPS) is 17.0. The largest absolute Gasteiger partial charge is 0.449 e. The van der Waals surface area contributed by atoms with Crippen LogP contribution in [0, 0.1) is 11.8 Å². The monoisotopic (exact) mass is 303 g/mol. The summed E-state index contributed by atoms with van der Waals surface area (Å²) in [5.41, 5.74) is 1.82. The number of hydrogen-bond donors (Lipinski definition) is 0. The number of carbonyl (C=O) groups excluding carboxylic acids is 1. The van der Waals surface area contributed by atoms with E-state index in [0.29, 0.717) is 25.0 Å². The van der Waals surface area contributed by atoms with Crippen molar-refractivity contribution in [1.29, 1.82) is 0 Å². The van der Waals surface area contributed by atoms with Crippen LogP contribution in [0.5, 0.6) is 0 Å². The summed E-state index contributed by atoms with van der Waals surface area (Å²) < 4.78 is 11.3. The fourth-order valence-corrected chi connectivity index (χ4v) is 2.19. The number of anilines is 1. The van der Waals surface area contributed by atoms with E-state index < -0.39 is 6.23 Å². The molecule has 0 saturated carbocycles. The third-order valence-electron chi connectivity index (χ3n) is 3.23. The summed E-state index contributed by atoms with van der Waals surface area (Å²) in [6.45, 7) is 9.20. The summed E-state index contributed by atoms with van der Waals surface area (Å²) >= 11 is 0. The van der Waals surface area contributed by atoms with Crippen molar-refractivity contribution >= 4 is 17.9 Å². The SMILES string of the molecule is CC(C)COC(=O)N1c2ccccc2C=C[C@H]1OCC(C)C. The Balaban J connectivity index is 2.21. The van der Waals surface area contributed by atoms with Crippen molar-refractivity contribution in [2.45, 2.75) is 33.9 Å². The number of nitrogens with zero attached hydrogens (tertiary/aromatic N) is 1. The van der Waals surface area contributed by atoms with Crippen LogP contribution in [0.25, 0.3) is 6.08 Å². The summed E-state index contributed by atoms with van der Waals surface area (Å²) in [5.74, 6) is 0.702. The second-order valence-electron chi connectivity index (χ2n) is 6.38. The van der Waals surface area contributed by atoms with Crippen molar-refractivity contribution in [3.05, 3.63) is 35.9 Å². The Bertz CT molecular complexity index is 537. The van der Waals surface area contributed by atoms with Crippen LogP contribution in [-0.4, -0.2) is 25.5 Å². The number of para-hydroxylation sites is 1. The van der Waals surface area contributed by atoms with Gasteiger partial charge in [-0.2, -0.15) is 0 Å². The average Bonchev–Trinajstić information content (AvgIpc) is 2.49. The van der Waals surface area contributed by atoms with E-state index in [2.05, 4.69) is 13.8 Å². The van der Waals surface area contributed by atoms with E-state index in [4.69, 9.17) is 9.47 Å². The zero-order valence-corrected chi connectivity index (χ0v) is 13.8. The van der Waals surface area contributed by atoms with Crippen molar-refractivity contribution in [2.75, 3.05) is 18.1 Å². The highest BCUT2D eigenvalue weighted by atomic mass is 16.6. The molecule has 1 amide bonds. The minimum Gasteiger partial charge on any atom is -0.449 e. The maximum atomic E-state index is 12.5. The van der Waals surface area contributed by atoms with Crippen LogP contribution in [-0.2, 0) is 9.47 Å². The van der Waals surface area contributed by atoms with Crippen LogP contribution in [0.1, 0.15) is 33.3 Å². The van der Waals surface area contributed by atoms with Crippen LogP contribution in [0.3, 0.4) is 0 Å². The lowest BCUT2D eigenvalue weighted by Gasteiger charge is -2.33. The van der Waals surface area contributed by atoms with Gasteiger partial charge in [0.2, 0.25) is 0 Å². The van der Waals surface area contributed by atoms with E-state index in [0.717, 1.165) is 11.3 Å². The Morgan fingerprint density at radius 2 is 1.82 bits per heavy atom. The maximum Gasteiger partial charge on any atom is 0.416 e. The van der Waals surface area contributed by atoms with Crippen LogP contribution in [0.4, 0.5) is 10.5 Å². The van der Waals surface area contributed by atoms with E-state index in [9.17, 15) is 4.79 Å². The molecule has 0 spiro atoms. The van der Waals surface area contributed by atoms with Crippen molar-refractivity contribution in [3.63, 3.8) is 0 Å². The van der Waals surface area contributed by atoms with E-state index >= 15 is 0 Å². The molecule has 1 aromatic rings. The number of hydrogen-bond acceptors (Lipinski definition) is 3. The van der Waals surface area contributed by atoms with Gasteiger partial charge in [-0.25, -0.2) is 9.69 Å². The zero-order chi connectivity index (χ0) is 16.1. The summed E-state index contributed by atoms with van der Waals surface area (Å²) in [7, 11) is 0. The second-order valence-corrected chi connectivity index (χ2v) is 6.38. The lowest BCUT2D eigenvalue weighted by molar-refractivity contribution is 0.0556. The predicted octanol–water partition coefficient (Wildman–Crippen LogP) is 4.31. The Morgan fingerprint density at radius 1 is 1.14 bits per heavy atom. The number of fused-ring (bicyclic) bond motifs is 1. The molecule has 0 aliphatic carbocycles. The highest BCUT2D eigenvalue weighted by Crippen LogP contribution is 2.30. The lowest BCUT2D eigenvalue weighted by atomic mass is 10.1. The first kappa shape index (κ1) is 16.6.